The zero-order valence-electron chi connectivity index (χ0n) is 8.87. The minimum Gasteiger partial charge on any atom is -0.489 e. The number of hydrogen-bond acceptors (Lipinski definition) is 3. The molecule has 0 amide bonds. The van der Waals surface area contributed by atoms with Crippen molar-refractivity contribution >= 4 is 11.6 Å². The number of benzene rings is 1. The van der Waals surface area contributed by atoms with Crippen LogP contribution in [0.15, 0.2) is 18.2 Å². The molecule has 1 fully saturated rings. The van der Waals surface area contributed by atoms with E-state index in [-0.39, 0.29) is 6.10 Å². The van der Waals surface area contributed by atoms with Crippen molar-refractivity contribution in [3.63, 3.8) is 0 Å². The van der Waals surface area contributed by atoms with Crippen molar-refractivity contribution in [3.8, 4) is 11.8 Å². The lowest BCUT2D eigenvalue weighted by molar-refractivity contribution is 0.167. The smallest absolute Gasteiger partial charge is 0.121 e. The Labute approximate surface area is 100.0 Å². The molecule has 1 heterocycles. The largest absolute Gasteiger partial charge is 0.489 e. The van der Waals surface area contributed by atoms with E-state index >= 15 is 0 Å². The summed E-state index contributed by atoms with van der Waals surface area (Å²) in [5, 5.41) is 12.5. The van der Waals surface area contributed by atoms with E-state index in [0.29, 0.717) is 10.6 Å². The summed E-state index contributed by atoms with van der Waals surface area (Å²) in [5.41, 5.74) is 0.482. The molecule has 4 heteroatoms. The second kappa shape index (κ2) is 5.20. The van der Waals surface area contributed by atoms with Gasteiger partial charge in [-0.15, -0.1) is 0 Å². The maximum Gasteiger partial charge on any atom is 0.121 e. The molecule has 0 unspecified atom stereocenters. The average molecular weight is 237 g/mol. The van der Waals surface area contributed by atoms with Gasteiger partial charge in [0.15, 0.2) is 0 Å². The Hall–Kier alpha value is -1.24. The lowest BCUT2D eigenvalue weighted by Crippen LogP contribution is -2.37. The molecular formula is C12H13ClN2O. The lowest BCUT2D eigenvalue weighted by Gasteiger charge is -2.24. The molecule has 1 N–H and O–H groups in total. The molecule has 0 aliphatic carbocycles. The zero-order valence-corrected chi connectivity index (χ0v) is 9.63. The Morgan fingerprint density at radius 2 is 2.38 bits per heavy atom. The molecule has 0 spiro atoms. The van der Waals surface area contributed by atoms with Crippen LogP contribution in [0.3, 0.4) is 0 Å². The molecule has 1 aromatic rings. The average Bonchev–Trinajstić information content (AvgIpc) is 2.31. The van der Waals surface area contributed by atoms with Gasteiger partial charge in [0.05, 0.1) is 10.6 Å². The van der Waals surface area contributed by atoms with Crippen molar-refractivity contribution < 1.29 is 4.74 Å². The summed E-state index contributed by atoms with van der Waals surface area (Å²) in [5.74, 6) is 0.734. The molecule has 16 heavy (non-hydrogen) atoms. The fourth-order valence-corrected chi connectivity index (χ4v) is 1.99. The van der Waals surface area contributed by atoms with Crippen molar-refractivity contribution in [2.75, 3.05) is 13.1 Å². The molecule has 84 valence electrons. The molecule has 0 aromatic heterocycles. The van der Waals surface area contributed by atoms with Gasteiger partial charge in [-0.25, -0.2) is 0 Å². The molecule has 3 nitrogen and oxygen atoms in total. The summed E-state index contributed by atoms with van der Waals surface area (Å²) in [4.78, 5) is 0. The highest BCUT2D eigenvalue weighted by atomic mass is 35.5. The van der Waals surface area contributed by atoms with Crippen molar-refractivity contribution in [2.45, 2.75) is 18.9 Å². The van der Waals surface area contributed by atoms with Crippen LogP contribution in [0, 0.1) is 11.3 Å². The molecule has 1 saturated heterocycles. The third-order valence-corrected chi connectivity index (χ3v) is 2.93. The lowest BCUT2D eigenvalue weighted by atomic mass is 10.1. The van der Waals surface area contributed by atoms with Gasteiger partial charge in [-0.1, -0.05) is 11.6 Å². The van der Waals surface area contributed by atoms with Crippen LogP contribution >= 0.6 is 11.6 Å². The molecule has 1 aliphatic heterocycles. The summed E-state index contributed by atoms with van der Waals surface area (Å²) >= 11 is 5.93. The van der Waals surface area contributed by atoms with E-state index in [1.165, 1.54) is 0 Å². The Morgan fingerprint density at radius 1 is 1.50 bits per heavy atom. The van der Waals surface area contributed by atoms with Crippen LogP contribution in [-0.4, -0.2) is 19.2 Å². The Bertz CT molecular complexity index is 408. The number of ether oxygens (including phenoxy) is 1. The van der Waals surface area contributed by atoms with Crippen LogP contribution < -0.4 is 10.1 Å². The number of rotatable bonds is 2. The van der Waals surface area contributed by atoms with Crippen LogP contribution in [0.4, 0.5) is 0 Å². The van der Waals surface area contributed by atoms with Crippen LogP contribution in [0.2, 0.25) is 5.02 Å². The standard InChI is InChI=1S/C12H13ClN2O/c13-12-6-10(4-3-9(12)7-14)16-11-2-1-5-15-8-11/h3-4,6,11,15H,1-2,5,8H2/t11-/m1/s1. The predicted molar refractivity (Wildman–Crippen MR) is 62.7 cm³/mol. The highest BCUT2D eigenvalue weighted by Crippen LogP contribution is 2.23. The van der Waals surface area contributed by atoms with Crippen LogP contribution in [0.5, 0.6) is 5.75 Å². The SMILES string of the molecule is N#Cc1ccc(O[C@@H]2CCCNC2)cc1Cl. The van der Waals surface area contributed by atoms with E-state index in [2.05, 4.69) is 5.32 Å². The number of halogens is 1. The third kappa shape index (κ3) is 2.66. The highest BCUT2D eigenvalue weighted by molar-refractivity contribution is 6.31. The normalized spacial score (nSPS) is 20.1. The summed E-state index contributed by atoms with van der Waals surface area (Å²) in [7, 11) is 0. The number of piperidine rings is 1. The van der Waals surface area contributed by atoms with Gasteiger partial charge in [0, 0.05) is 12.6 Å². The van der Waals surface area contributed by atoms with Gasteiger partial charge in [-0.2, -0.15) is 5.26 Å². The zero-order chi connectivity index (χ0) is 11.4. The first-order chi connectivity index (χ1) is 7.79. The Balaban J connectivity index is 2.04. The van der Waals surface area contributed by atoms with Crippen molar-refractivity contribution in [1.29, 1.82) is 5.26 Å². The number of nitrogens with one attached hydrogen (secondary N) is 1. The van der Waals surface area contributed by atoms with E-state index in [9.17, 15) is 0 Å². The molecule has 0 bridgehead atoms. The van der Waals surface area contributed by atoms with Crippen molar-refractivity contribution in [3.05, 3.63) is 28.8 Å². The van der Waals surface area contributed by atoms with E-state index in [0.717, 1.165) is 31.7 Å². The van der Waals surface area contributed by atoms with Crippen molar-refractivity contribution in [1.82, 2.24) is 5.32 Å². The first-order valence-electron chi connectivity index (χ1n) is 5.36. The Kier molecular flexibility index (Phi) is 3.66. The molecule has 2 rings (SSSR count). The van der Waals surface area contributed by atoms with Crippen LogP contribution in [-0.2, 0) is 0 Å². The fraction of sp³-hybridized carbons (Fsp3) is 0.417. The summed E-state index contributed by atoms with van der Waals surface area (Å²) in [6.45, 7) is 1.94. The van der Waals surface area contributed by atoms with E-state index in [4.69, 9.17) is 21.6 Å². The fourth-order valence-electron chi connectivity index (χ4n) is 1.77. The van der Waals surface area contributed by atoms with Gasteiger partial charge in [0.1, 0.15) is 17.9 Å². The molecule has 1 aliphatic rings. The van der Waals surface area contributed by atoms with E-state index in [1.807, 2.05) is 6.07 Å². The molecule has 1 aromatic carbocycles. The van der Waals surface area contributed by atoms with Gasteiger partial charge in [0.25, 0.3) is 0 Å². The van der Waals surface area contributed by atoms with E-state index in [1.54, 1.807) is 18.2 Å². The topological polar surface area (TPSA) is 45.0 Å². The van der Waals surface area contributed by atoms with Gasteiger partial charge >= 0.3 is 0 Å². The van der Waals surface area contributed by atoms with Crippen molar-refractivity contribution in [2.24, 2.45) is 0 Å². The molecule has 0 saturated carbocycles. The monoisotopic (exact) mass is 236 g/mol. The van der Waals surface area contributed by atoms with Gasteiger partial charge in [-0.05, 0) is 31.5 Å². The summed E-state index contributed by atoms with van der Waals surface area (Å²) < 4.78 is 5.78. The maximum absolute atomic E-state index is 8.75. The second-order valence-electron chi connectivity index (χ2n) is 3.84. The first kappa shape index (κ1) is 11.3. The third-order valence-electron chi connectivity index (χ3n) is 2.62. The molecule has 1 atom stereocenters. The number of hydrogen-bond donors (Lipinski definition) is 1. The molecular weight excluding hydrogens is 224 g/mol. The number of nitrogens with zero attached hydrogens (tertiary/aromatic N) is 1. The van der Waals surface area contributed by atoms with Gasteiger partial charge in [0.2, 0.25) is 0 Å². The van der Waals surface area contributed by atoms with Gasteiger partial charge in [-0.3, -0.25) is 0 Å². The summed E-state index contributed by atoms with van der Waals surface area (Å²) in [6.07, 6.45) is 2.40. The van der Waals surface area contributed by atoms with Crippen LogP contribution in [0.25, 0.3) is 0 Å². The second-order valence-corrected chi connectivity index (χ2v) is 4.25. The predicted octanol–water partition coefficient (Wildman–Crippen LogP) is 2.34. The first-order valence-corrected chi connectivity index (χ1v) is 5.74. The quantitative estimate of drug-likeness (QED) is 0.857. The number of nitriles is 1. The van der Waals surface area contributed by atoms with Gasteiger partial charge < -0.3 is 10.1 Å². The van der Waals surface area contributed by atoms with Crippen LogP contribution in [0.1, 0.15) is 18.4 Å². The molecule has 0 radical (unpaired) electrons. The highest BCUT2D eigenvalue weighted by Gasteiger charge is 2.14. The minimum absolute atomic E-state index is 0.206. The Morgan fingerprint density at radius 3 is 3.00 bits per heavy atom. The maximum atomic E-state index is 8.75. The van der Waals surface area contributed by atoms with E-state index < -0.39 is 0 Å². The summed E-state index contributed by atoms with van der Waals surface area (Å²) in [6, 6.07) is 7.21. The minimum atomic E-state index is 0.206.